The van der Waals surface area contributed by atoms with Gasteiger partial charge in [-0.1, -0.05) is 42.0 Å². The minimum absolute atomic E-state index is 0.00682. The molecule has 4 N–H and O–H groups in total. The van der Waals surface area contributed by atoms with E-state index in [1.807, 2.05) is 49.4 Å². The third-order valence-electron chi connectivity index (χ3n) is 6.51. The van der Waals surface area contributed by atoms with Crippen molar-refractivity contribution in [3.63, 3.8) is 0 Å². The van der Waals surface area contributed by atoms with Crippen molar-refractivity contribution in [1.29, 1.82) is 0 Å². The highest BCUT2D eigenvalue weighted by molar-refractivity contribution is 5.94. The van der Waals surface area contributed by atoms with Gasteiger partial charge in [0.2, 0.25) is 5.91 Å². The lowest BCUT2D eigenvalue weighted by molar-refractivity contribution is -0.127. The smallest absolute Gasteiger partial charge is 0.251 e. The number of nitrogens with two attached hydrogens (primary N) is 1. The van der Waals surface area contributed by atoms with Crippen molar-refractivity contribution in [1.82, 2.24) is 10.6 Å². The van der Waals surface area contributed by atoms with Crippen LogP contribution >= 0.6 is 0 Å². The van der Waals surface area contributed by atoms with Gasteiger partial charge in [-0.05, 0) is 61.3 Å². The molecule has 2 aliphatic carbocycles. The van der Waals surface area contributed by atoms with Gasteiger partial charge in [0.05, 0.1) is 5.92 Å². The van der Waals surface area contributed by atoms with E-state index >= 15 is 0 Å². The van der Waals surface area contributed by atoms with Gasteiger partial charge in [-0.15, -0.1) is 0 Å². The maximum Gasteiger partial charge on any atom is 0.251 e. The second-order valence-electron chi connectivity index (χ2n) is 8.52. The molecular weight excluding hydrogens is 362 g/mol. The van der Waals surface area contributed by atoms with Crippen molar-refractivity contribution in [3.05, 3.63) is 70.8 Å². The molecule has 4 unspecified atom stereocenters. The van der Waals surface area contributed by atoms with Gasteiger partial charge in [0.1, 0.15) is 0 Å². The van der Waals surface area contributed by atoms with Gasteiger partial charge in [0.15, 0.2) is 0 Å². The fourth-order valence-corrected chi connectivity index (χ4v) is 4.84. The maximum atomic E-state index is 12.7. The molecule has 0 saturated heterocycles. The Balaban J connectivity index is 1.31. The fraction of sp³-hybridized carbons (Fsp3) is 0.417. The second kappa shape index (κ2) is 8.37. The zero-order valence-corrected chi connectivity index (χ0v) is 16.9. The van der Waals surface area contributed by atoms with Gasteiger partial charge in [-0.3, -0.25) is 9.59 Å². The number of carbonyl (C=O) groups is 2. The molecule has 4 atom stereocenters. The number of aryl methyl sites for hydroxylation is 1. The summed E-state index contributed by atoms with van der Waals surface area (Å²) >= 11 is 0. The summed E-state index contributed by atoms with van der Waals surface area (Å²) in [6, 6.07) is 15.5. The summed E-state index contributed by atoms with van der Waals surface area (Å²) in [5.41, 5.74) is 10.0. The van der Waals surface area contributed by atoms with Crippen LogP contribution in [-0.2, 0) is 17.9 Å². The van der Waals surface area contributed by atoms with Crippen molar-refractivity contribution in [2.75, 3.05) is 0 Å². The maximum absolute atomic E-state index is 12.7. The van der Waals surface area contributed by atoms with Crippen LogP contribution in [0.1, 0.15) is 46.3 Å². The third-order valence-corrected chi connectivity index (χ3v) is 6.51. The first-order valence-electron chi connectivity index (χ1n) is 10.5. The fourth-order valence-electron chi connectivity index (χ4n) is 4.84. The van der Waals surface area contributed by atoms with Crippen molar-refractivity contribution < 1.29 is 9.59 Å². The van der Waals surface area contributed by atoms with E-state index in [4.69, 9.17) is 5.73 Å². The number of hydrogen-bond acceptors (Lipinski definition) is 3. The summed E-state index contributed by atoms with van der Waals surface area (Å²) in [6.45, 7) is 2.94. The molecule has 2 fully saturated rings. The van der Waals surface area contributed by atoms with E-state index in [0.717, 1.165) is 30.4 Å². The molecule has 2 aromatic carbocycles. The number of hydrogen-bond donors (Lipinski definition) is 3. The van der Waals surface area contributed by atoms with Crippen LogP contribution in [0.5, 0.6) is 0 Å². The minimum Gasteiger partial charge on any atom is -0.352 e. The molecule has 5 nitrogen and oxygen atoms in total. The quantitative estimate of drug-likeness (QED) is 0.708. The molecule has 0 aromatic heterocycles. The molecule has 0 heterocycles. The Hall–Kier alpha value is -2.66. The molecule has 0 spiro atoms. The predicted molar refractivity (Wildman–Crippen MR) is 113 cm³/mol. The number of nitrogens with one attached hydrogen (secondary N) is 2. The molecule has 2 saturated carbocycles. The third kappa shape index (κ3) is 4.35. The van der Waals surface area contributed by atoms with Crippen molar-refractivity contribution in [3.8, 4) is 0 Å². The van der Waals surface area contributed by atoms with E-state index in [0.29, 0.717) is 30.5 Å². The first kappa shape index (κ1) is 19.6. The SMILES string of the molecule is Cc1ccc(CNC(=O)c2cccc(CNC(=O)C3C4CCC(C4)C3N)c2)cc1. The zero-order valence-electron chi connectivity index (χ0n) is 16.9. The summed E-state index contributed by atoms with van der Waals surface area (Å²) in [4.78, 5) is 25.1. The summed E-state index contributed by atoms with van der Waals surface area (Å²) in [5, 5.41) is 5.99. The van der Waals surface area contributed by atoms with Crippen molar-refractivity contribution in [2.24, 2.45) is 23.5 Å². The Morgan fingerprint density at radius 3 is 2.41 bits per heavy atom. The van der Waals surface area contributed by atoms with Crippen molar-refractivity contribution >= 4 is 11.8 Å². The van der Waals surface area contributed by atoms with E-state index in [1.165, 1.54) is 5.56 Å². The molecule has 2 amide bonds. The average molecular weight is 392 g/mol. The Labute approximate surface area is 172 Å². The van der Waals surface area contributed by atoms with Crippen LogP contribution in [0.2, 0.25) is 0 Å². The summed E-state index contributed by atoms with van der Waals surface area (Å²) in [7, 11) is 0. The summed E-state index contributed by atoms with van der Waals surface area (Å²) in [5.74, 6) is 0.827. The number of carbonyl (C=O) groups excluding carboxylic acids is 2. The van der Waals surface area contributed by atoms with Crippen LogP contribution in [0, 0.1) is 24.7 Å². The number of fused-ring (bicyclic) bond motifs is 2. The predicted octanol–water partition coefficient (Wildman–Crippen LogP) is 2.91. The standard InChI is InChI=1S/C24H29N3O2/c1-15-5-7-16(8-6-15)13-26-23(28)20-4-2-3-17(11-20)14-27-24(29)21-18-9-10-19(12-18)22(21)25/h2-8,11,18-19,21-22H,9-10,12-14,25H2,1H3,(H,26,28)(H,27,29). The van der Waals surface area contributed by atoms with Crippen LogP contribution in [0.3, 0.4) is 0 Å². The highest BCUT2D eigenvalue weighted by Crippen LogP contribution is 2.47. The molecule has 29 heavy (non-hydrogen) atoms. The summed E-state index contributed by atoms with van der Waals surface area (Å²) in [6.07, 6.45) is 3.37. The van der Waals surface area contributed by atoms with Crippen LogP contribution in [0.25, 0.3) is 0 Å². The van der Waals surface area contributed by atoms with Crippen LogP contribution in [0.15, 0.2) is 48.5 Å². The van der Waals surface area contributed by atoms with Gasteiger partial charge < -0.3 is 16.4 Å². The lowest BCUT2D eigenvalue weighted by atomic mass is 9.84. The highest BCUT2D eigenvalue weighted by atomic mass is 16.2. The number of amides is 2. The van der Waals surface area contributed by atoms with Gasteiger partial charge >= 0.3 is 0 Å². The Kier molecular flexibility index (Phi) is 5.67. The van der Waals surface area contributed by atoms with E-state index < -0.39 is 0 Å². The second-order valence-corrected chi connectivity index (χ2v) is 8.52. The molecule has 152 valence electrons. The van der Waals surface area contributed by atoms with E-state index in [1.54, 1.807) is 6.07 Å². The largest absolute Gasteiger partial charge is 0.352 e. The zero-order chi connectivity index (χ0) is 20.4. The van der Waals surface area contributed by atoms with Gasteiger partial charge in [-0.2, -0.15) is 0 Å². The lowest BCUT2D eigenvalue weighted by Gasteiger charge is -2.27. The topological polar surface area (TPSA) is 84.2 Å². The molecule has 0 aliphatic heterocycles. The minimum atomic E-state index is -0.117. The number of benzene rings is 2. The molecule has 5 heteroatoms. The first-order valence-corrected chi connectivity index (χ1v) is 10.5. The van der Waals surface area contributed by atoms with E-state index in [2.05, 4.69) is 10.6 Å². The van der Waals surface area contributed by atoms with Crippen LogP contribution in [0.4, 0.5) is 0 Å². The Morgan fingerprint density at radius 1 is 0.966 bits per heavy atom. The average Bonchev–Trinajstić information content (AvgIpc) is 3.33. The molecule has 2 aliphatic rings. The highest BCUT2D eigenvalue weighted by Gasteiger charge is 2.48. The van der Waals surface area contributed by atoms with Crippen molar-refractivity contribution in [2.45, 2.75) is 45.3 Å². The van der Waals surface area contributed by atoms with E-state index in [9.17, 15) is 9.59 Å². The number of rotatable bonds is 6. The van der Waals surface area contributed by atoms with Crippen LogP contribution < -0.4 is 16.4 Å². The van der Waals surface area contributed by atoms with Gasteiger partial charge in [0, 0.05) is 24.7 Å². The lowest BCUT2D eigenvalue weighted by Crippen LogP contribution is -2.45. The van der Waals surface area contributed by atoms with Gasteiger partial charge in [0.25, 0.3) is 5.91 Å². The van der Waals surface area contributed by atoms with Gasteiger partial charge in [-0.25, -0.2) is 0 Å². The molecule has 2 aromatic rings. The Morgan fingerprint density at radius 2 is 1.69 bits per heavy atom. The molecular formula is C24H29N3O2. The Bertz CT molecular complexity index is 891. The normalized spacial score (nSPS) is 25.0. The molecule has 2 bridgehead atoms. The monoisotopic (exact) mass is 391 g/mol. The van der Waals surface area contributed by atoms with E-state index in [-0.39, 0.29) is 23.8 Å². The molecule has 4 rings (SSSR count). The first-order chi connectivity index (χ1) is 14.0. The summed E-state index contributed by atoms with van der Waals surface area (Å²) < 4.78 is 0. The molecule has 0 radical (unpaired) electrons. The van der Waals surface area contributed by atoms with Crippen LogP contribution in [-0.4, -0.2) is 17.9 Å².